The molecule has 2 N–H and O–H groups in total. The van der Waals surface area contributed by atoms with Crippen molar-refractivity contribution in [2.75, 3.05) is 11.9 Å². The fourth-order valence-electron chi connectivity index (χ4n) is 2.09. The van der Waals surface area contributed by atoms with Crippen molar-refractivity contribution in [1.29, 1.82) is 0 Å². The first-order valence-corrected chi connectivity index (χ1v) is 6.32. The molecule has 0 saturated heterocycles. The molecule has 0 aromatic heterocycles. The van der Waals surface area contributed by atoms with Crippen LogP contribution in [-0.4, -0.2) is 7.05 Å². The molecule has 0 fully saturated rings. The molecule has 0 saturated carbocycles. The average molecular weight is 261 g/mol. The van der Waals surface area contributed by atoms with Crippen LogP contribution in [0.2, 0.25) is 5.02 Å². The Labute approximate surface area is 113 Å². The molecule has 18 heavy (non-hydrogen) atoms. The van der Waals surface area contributed by atoms with E-state index in [4.69, 9.17) is 17.3 Å². The topological polar surface area (TPSA) is 29.3 Å². The van der Waals surface area contributed by atoms with Gasteiger partial charge >= 0.3 is 0 Å². The molecule has 2 aromatic rings. The van der Waals surface area contributed by atoms with E-state index in [-0.39, 0.29) is 0 Å². The summed E-state index contributed by atoms with van der Waals surface area (Å²) in [6.07, 6.45) is 0. The first-order chi connectivity index (χ1) is 8.72. The van der Waals surface area contributed by atoms with E-state index in [2.05, 4.69) is 17.0 Å². The summed E-state index contributed by atoms with van der Waals surface area (Å²) in [5.74, 6) is 0. The van der Waals surface area contributed by atoms with Gasteiger partial charge in [-0.1, -0.05) is 54.1 Å². The molecule has 2 rings (SSSR count). The van der Waals surface area contributed by atoms with Crippen LogP contribution in [0.3, 0.4) is 0 Å². The summed E-state index contributed by atoms with van der Waals surface area (Å²) < 4.78 is 0. The van der Waals surface area contributed by atoms with Crippen LogP contribution < -0.4 is 10.6 Å². The monoisotopic (exact) mass is 260 g/mol. The molecule has 94 valence electrons. The molecule has 0 spiro atoms. The van der Waals surface area contributed by atoms with E-state index >= 15 is 0 Å². The number of rotatable bonds is 4. The van der Waals surface area contributed by atoms with Crippen molar-refractivity contribution in [2.24, 2.45) is 5.73 Å². The SMILES string of the molecule is CN(Cc1ccccc1)c1c(Cl)cccc1CN. The van der Waals surface area contributed by atoms with Gasteiger partial charge in [-0.3, -0.25) is 0 Å². The van der Waals surface area contributed by atoms with E-state index in [0.29, 0.717) is 6.54 Å². The van der Waals surface area contributed by atoms with Gasteiger partial charge in [0.1, 0.15) is 0 Å². The maximum Gasteiger partial charge on any atom is 0.0642 e. The summed E-state index contributed by atoms with van der Waals surface area (Å²) >= 11 is 6.27. The Morgan fingerprint density at radius 1 is 1.06 bits per heavy atom. The highest BCUT2D eigenvalue weighted by atomic mass is 35.5. The summed E-state index contributed by atoms with van der Waals surface area (Å²) in [6.45, 7) is 1.31. The third kappa shape index (κ3) is 2.84. The lowest BCUT2D eigenvalue weighted by molar-refractivity contribution is 0.904. The predicted molar refractivity (Wildman–Crippen MR) is 77.9 cm³/mol. The van der Waals surface area contributed by atoms with Gasteiger partial charge in [-0.25, -0.2) is 0 Å². The van der Waals surface area contributed by atoms with Gasteiger partial charge in [0.25, 0.3) is 0 Å². The number of nitrogens with two attached hydrogens (primary N) is 1. The van der Waals surface area contributed by atoms with E-state index in [0.717, 1.165) is 22.8 Å². The molecular formula is C15H17ClN2. The van der Waals surface area contributed by atoms with Gasteiger partial charge in [0.05, 0.1) is 10.7 Å². The molecule has 0 atom stereocenters. The molecule has 0 aliphatic carbocycles. The fraction of sp³-hybridized carbons (Fsp3) is 0.200. The molecule has 0 radical (unpaired) electrons. The van der Waals surface area contributed by atoms with Crippen molar-refractivity contribution in [2.45, 2.75) is 13.1 Å². The van der Waals surface area contributed by atoms with Crippen molar-refractivity contribution in [3.8, 4) is 0 Å². The molecular weight excluding hydrogens is 244 g/mol. The lowest BCUT2D eigenvalue weighted by atomic mass is 10.1. The van der Waals surface area contributed by atoms with Crippen LogP contribution in [0.4, 0.5) is 5.69 Å². The zero-order chi connectivity index (χ0) is 13.0. The van der Waals surface area contributed by atoms with Crippen molar-refractivity contribution in [3.63, 3.8) is 0 Å². The normalized spacial score (nSPS) is 10.4. The van der Waals surface area contributed by atoms with E-state index in [9.17, 15) is 0 Å². The quantitative estimate of drug-likeness (QED) is 0.913. The molecule has 3 heteroatoms. The van der Waals surface area contributed by atoms with Crippen molar-refractivity contribution in [1.82, 2.24) is 0 Å². The van der Waals surface area contributed by atoms with Crippen LogP contribution in [0, 0.1) is 0 Å². The largest absolute Gasteiger partial charge is 0.369 e. The summed E-state index contributed by atoms with van der Waals surface area (Å²) in [6, 6.07) is 16.2. The Bertz CT molecular complexity index is 511. The number of hydrogen-bond donors (Lipinski definition) is 1. The minimum atomic E-state index is 0.495. The zero-order valence-electron chi connectivity index (χ0n) is 10.4. The first kappa shape index (κ1) is 12.9. The van der Waals surface area contributed by atoms with Crippen LogP contribution in [0.15, 0.2) is 48.5 Å². The van der Waals surface area contributed by atoms with Crippen molar-refractivity contribution >= 4 is 17.3 Å². The molecule has 0 aliphatic rings. The Kier molecular flexibility index (Phi) is 4.24. The number of benzene rings is 2. The van der Waals surface area contributed by atoms with Crippen LogP contribution in [0.1, 0.15) is 11.1 Å². The van der Waals surface area contributed by atoms with Crippen LogP contribution >= 0.6 is 11.6 Å². The number of para-hydroxylation sites is 1. The van der Waals surface area contributed by atoms with Gasteiger partial charge in [-0.05, 0) is 17.2 Å². The second-order valence-corrected chi connectivity index (χ2v) is 4.70. The van der Waals surface area contributed by atoms with Crippen LogP contribution in [-0.2, 0) is 13.1 Å². The Morgan fingerprint density at radius 2 is 1.78 bits per heavy atom. The molecule has 0 amide bonds. The smallest absolute Gasteiger partial charge is 0.0642 e. The third-order valence-corrected chi connectivity index (χ3v) is 3.24. The lowest BCUT2D eigenvalue weighted by Crippen LogP contribution is -2.19. The van der Waals surface area contributed by atoms with E-state index in [1.807, 2.05) is 43.4 Å². The standard InChI is InChI=1S/C15H17ClN2/c1-18(11-12-6-3-2-4-7-12)15-13(10-17)8-5-9-14(15)16/h2-9H,10-11,17H2,1H3. The third-order valence-electron chi connectivity index (χ3n) is 2.93. The second kappa shape index (κ2) is 5.89. The number of nitrogens with zero attached hydrogens (tertiary/aromatic N) is 1. The Morgan fingerprint density at radius 3 is 2.44 bits per heavy atom. The molecule has 0 heterocycles. The number of halogens is 1. The molecule has 2 aromatic carbocycles. The minimum Gasteiger partial charge on any atom is -0.369 e. The molecule has 0 bridgehead atoms. The summed E-state index contributed by atoms with van der Waals surface area (Å²) in [5.41, 5.74) is 9.11. The second-order valence-electron chi connectivity index (χ2n) is 4.29. The average Bonchev–Trinajstić information content (AvgIpc) is 2.39. The van der Waals surface area contributed by atoms with E-state index < -0.39 is 0 Å². The predicted octanol–water partition coefficient (Wildman–Crippen LogP) is 3.44. The summed E-state index contributed by atoms with van der Waals surface area (Å²) in [4.78, 5) is 2.14. The highest BCUT2D eigenvalue weighted by molar-refractivity contribution is 6.33. The maximum absolute atomic E-state index is 6.27. The van der Waals surface area contributed by atoms with Gasteiger partial charge in [-0.2, -0.15) is 0 Å². The van der Waals surface area contributed by atoms with Crippen molar-refractivity contribution < 1.29 is 0 Å². The Hall–Kier alpha value is -1.51. The van der Waals surface area contributed by atoms with Gasteiger partial charge in [0, 0.05) is 20.1 Å². The number of hydrogen-bond acceptors (Lipinski definition) is 2. The molecule has 0 unspecified atom stereocenters. The summed E-state index contributed by atoms with van der Waals surface area (Å²) in [5, 5.41) is 0.747. The maximum atomic E-state index is 6.27. The van der Waals surface area contributed by atoms with E-state index in [1.165, 1.54) is 5.56 Å². The van der Waals surface area contributed by atoms with Crippen LogP contribution in [0.25, 0.3) is 0 Å². The van der Waals surface area contributed by atoms with Gasteiger partial charge in [0.2, 0.25) is 0 Å². The van der Waals surface area contributed by atoms with Gasteiger partial charge < -0.3 is 10.6 Å². The zero-order valence-corrected chi connectivity index (χ0v) is 11.2. The molecule has 2 nitrogen and oxygen atoms in total. The Balaban J connectivity index is 2.26. The van der Waals surface area contributed by atoms with E-state index in [1.54, 1.807) is 0 Å². The highest BCUT2D eigenvalue weighted by Crippen LogP contribution is 2.29. The highest BCUT2D eigenvalue weighted by Gasteiger charge is 2.10. The van der Waals surface area contributed by atoms with Crippen LogP contribution in [0.5, 0.6) is 0 Å². The first-order valence-electron chi connectivity index (χ1n) is 5.95. The fourth-order valence-corrected chi connectivity index (χ4v) is 2.43. The number of anilines is 1. The minimum absolute atomic E-state index is 0.495. The lowest BCUT2D eigenvalue weighted by Gasteiger charge is -2.23. The van der Waals surface area contributed by atoms with Gasteiger partial charge in [0.15, 0.2) is 0 Å². The summed E-state index contributed by atoms with van der Waals surface area (Å²) in [7, 11) is 2.04. The molecule has 0 aliphatic heterocycles. The van der Waals surface area contributed by atoms with Crippen molar-refractivity contribution in [3.05, 3.63) is 64.7 Å². The van der Waals surface area contributed by atoms with Gasteiger partial charge in [-0.15, -0.1) is 0 Å².